The van der Waals surface area contributed by atoms with Crippen LogP contribution in [-0.4, -0.2) is 244 Å². The van der Waals surface area contributed by atoms with Crippen molar-refractivity contribution in [2.75, 3.05) is 26.2 Å². The Labute approximate surface area is 645 Å². The second-order valence-corrected chi connectivity index (χ2v) is 27.4. The Morgan fingerprint density at radius 2 is 0.670 bits per heavy atom. The number of hydrogen-bond donors (Lipinski definition) is 24. The molecule has 0 rings (SSSR count). The average Bonchev–Trinajstić information content (AvgIpc) is 0.857. The van der Waals surface area contributed by atoms with Gasteiger partial charge in [-0.1, -0.05) is 48.0 Å². The van der Waals surface area contributed by atoms with Gasteiger partial charge in [0.1, 0.15) is 72.5 Å². The van der Waals surface area contributed by atoms with Crippen molar-refractivity contribution in [2.24, 2.45) is 73.6 Å². The molecule has 0 saturated carbocycles. The fraction of sp³-hybridized carbons (Fsp3) is 0.712. The van der Waals surface area contributed by atoms with Gasteiger partial charge in [-0.3, -0.25) is 81.9 Å². The second kappa shape index (κ2) is 53.9. The predicted octanol–water partition coefficient (Wildman–Crippen LogP) is -6.37. The number of aliphatic imine (C=N–C) groups is 2. The average molecular weight is 1610 g/mol. The van der Waals surface area contributed by atoms with E-state index in [0.717, 1.165) is 6.92 Å². The number of unbranched alkanes of at least 4 members (excludes halogenated alkanes) is 2. The molecule has 13 amide bonds. The monoisotopic (exact) mass is 1610 g/mol. The van der Waals surface area contributed by atoms with Crippen LogP contribution in [0.1, 0.15) is 171 Å². The van der Waals surface area contributed by atoms with E-state index in [1.54, 1.807) is 27.7 Å². The van der Waals surface area contributed by atoms with Crippen LogP contribution in [0, 0.1) is 17.8 Å². The smallest absolute Gasteiger partial charge is 0.481 e. The number of nitrogens with one attached hydrogen (secondary N) is 12. The van der Waals surface area contributed by atoms with E-state index < -0.39 is 223 Å². The lowest BCUT2D eigenvalue weighted by Crippen LogP contribution is -2.61. The van der Waals surface area contributed by atoms with Crippen LogP contribution in [0.25, 0.3) is 0 Å². The first kappa shape index (κ1) is 103. The summed E-state index contributed by atoms with van der Waals surface area (Å²) >= 11 is 0. The molecular weight excluding hydrogens is 1490 g/mol. The Kier molecular flexibility index (Phi) is 49.7. The van der Waals surface area contributed by atoms with Crippen LogP contribution in [0.15, 0.2) is 9.98 Å². The molecule has 0 fully saturated rings. The lowest BCUT2D eigenvalue weighted by Gasteiger charge is -2.28. The number of alkyl halides is 3. The van der Waals surface area contributed by atoms with Crippen molar-refractivity contribution in [3.63, 3.8) is 0 Å². The van der Waals surface area contributed by atoms with E-state index in [9.17, 15) is 105 Å². The lowest BCUT2D eigenvalue weighted by atomic mass is 10.0. The van der Waals surface area contributed by atoms with Crippen LogP contribution in [0.5, 0.6) is 0 Å². The highest BCUT2D eigenvalue weighted by Crippen LogP contribution is 2.15. The second-order valence-electron chi connectivity index (χ2n) is 27.4. The molecule has 0 aromatic rings. The first-order chi connectivity index (χ1) is 52.0. The minimum absolute atomic E-state index is 0.0208. The zero-order valence-corrected chi connectivity index (χ0v) is 64.5. The molecule has 13 unspecified atom stereocenters. The zero-order valence-electron chi connectivity index (χ0n) is 64.5. The first-order valence-corrected chi connectivity index (χ1v) is 36.2. The number of nitrogens with two attached hydrogens (primary N) is 8. The van der Waals surface area contributed by atoms with Gasteiger partial charge in [0.25, 0.3) is 0 Å². The number of halogens is 3. The van der Waals surface area contributed by atoms with E-state index >= 15 is 0 Å². The van der Waals surface area contributed by atoms with E-state index in [1.807, 2.05) is 0 Å². The molecule has 46 heteroatoms. The Morgan fingerprint density at radius 3 is 1.02 bits per heavy atom. The predicted molar refractivity (Wildman–Crippen MR) is 396 cm³/mol. The molecule has 13 atom stereocenters. The number of carboxylic acid groups (broad SMARTS) is 4. The highest BCUT2D eigenvalue weighted by molar-refractivity contribution is 6.00. The summed E-state index contributed by atoms with van der Waals surface area (Å²) in [4.78, 5) is 231. The van der Waals surface area contributed by atoms with E-state index in [-0.39, 0.29) is 81.8 Å². The van der Waals surface area contributed by atoms with E-state index in [4.69, 9.17) is 55.8 Å². The van der Waals surface area contributed by atoms with Crippen molar-refractivity contribution < 1.29 is 115 Å². The number of hydrogen-bond acceptors (Lipinski definition) is 22. The summed E-state index contributed by atoms with van der Waals surface area (Å²) in [5.41, 5.74) is 45.0. The van der Waals surface area contributed by atoms with Gasteiger partial charge >= 0.3 is 30.1 Å². The fourth-order valence-electron chi connectivity index (χ4n) is 9.99. The maximum absolute atomic E-state index is 14.6. The zero-order chi connectivity index (χ0) is 86.5. The summed E-state index contributed by atoms with van der Waals surface area (Å²) in [7, 11) is 0. The molecular formula is C66H117F3N22O21. The van der Waals surface area contributed by atoms with E-state index in [1.165, 1.54) is 27.7 Å². The van der Waals surface area contributed by atoms with Crippen molar-refractivity contribution in [2.45, 2.75) is 256 Å². The Morgan fingerprint density at radius 1 is 0.357 bits per heavy atom. The summed E-state index contributed by atoms with van der Waals surface area (Å²) in [6.45, 7) is 14.0. The highest BCUT2D eigenvalue weighted by atomic mass is 19.4. The summed E-state index contributed by atoms with van der Waals surface area (Å²) < 4.78 is 31.7. The molecule has 0 radical (unpaired) electrons. The maximum Gasteiger partial charge on any atom is 0.490 e. The third kappa shape index (κ3) is 45.4. The van der Waals surface area contributed by atoms with Crippen molar-refractivity contribution in [3.8, 4) is 0 Å². The highest BCUT2D eigenvalue weighted by Gasteiger charge is 2.40. The van der Waals surface area contributed by atoms with Crippen LogP contribution >= 0.6 is 0 Å². The van der Waals surface area contributed by atoms with Gasteiger partial charge in [-0.2, -0.15) is 13.2 Å². The minimum Gasteiger partial charge on any atom is -0.481 e. The first-order valence-electron chi connectivity index (χ1n) is 36.2. The topological polar surface area (TPSA) is 748 Å². The number of nitrogens with zero attached hydrogens (tertiary/aromatic N) is 2. The number of carbonyl (C=O) groups is 17. The Hall–Kier alpha value is -10.8. The van der Waals surface area contributed by atoms with Crippen LogP contribution < -0.4 is 110 Å². The van der Waals surface area contributed by atoms with E-state index in [0.29, 0.717) is 45.2 Å². The molecule has 112 heavy (non-hydrogen) atoms. The number of rotatable bonds is 54. The molecule has 0 aromatic heterocycles. The van der Waals surface area contributed by atoms with Crippen LogP contribution in [0.2, 0.25) is 0 Å². The normalized spacial score (nSPS) is 14.6. The standard InChI is InChI=1S/C64H116N22O19.C2HF3O2/c1-31(2)28-43(83-50(92)34(7)75-54(96)38(17-11-13-25-66)78-53(95)37(67)16-10-12-24-65)60(102)80-40(19-15-27-74-64(71)72)56(98)79-39(18-14-26-73-63(69)70)57(99)81-41(20-22-46(68)87)58(100)82-42(21-23-47(88)89)55(97)76-36(9)52(94)86-49(33(5)6)61(103)84-44(30-48(90)91)59(101)77-35(8)51(93)85-45(62(104)105)29-32(3)4;3-2(4,5)1(6)7/h31-45,49H,10-30,65-67H2,1-9H3,(H2,68,87)(H,75,96)(H,76,97)(H,77,101)(H,78,95)(H,79,98)(H,80,102)(H,81,99)(H,82,100)(H,83,92)(H,84,103)(H,85,93)(H,86,94)(H,88,89)(H,90,91)(H,104,105)(H4,69,70,73)(H4,71,72,74);(H,6,7). The third-order valence-electron chi connectivity index (χ3n) is 16.1. The van der Waals surface area contributed by atoms with Gasteiger partial charge in [-0.15, -0.1) is 0 Å². The number of amides is 13. The van der Waals surface area contributed by atoms with Gasteiger partial charge in [0.2, 0.25) is 76.8 Å². The molecule has 32 N–H and O–H groups in total. The van der Waals surface area contributed by atoms with Crippen LogP contribution in [0.3, 0.4) is 0 Å². The molecule has 0 aliphatic rings. The van der Waals surface area contributed by atoms with Crippen LogP contribution in [-0.2, 0) is 81.5 Å². The SMILES string of the molecule is CC(C)CC(NC(=O)C(C)NC(=O)C(CC(=O)O)NC(=O)C(NC(=O)C(C)NC(=O)C(CCC(=O)O)NC(=O)C(CCC(N)=O)NC(=O)C(CCCN=C(N)N)NC(=O)C(CCCN=C(N)N)NC(=O)C(CC(C)C)NC(=O)C(C)NC(=O)C(CCCCN)NC(=O)C(N)CCCCN)C(C)C)C(=O)O.O=C(O)C(F)(F)F. The fourth-order valence-corrected chi connectivity index (χ4v) is 9.99. The summed E-state index contributed by atoms with van der Waals surface area (Å²) in [5.74, 6) is -21.9. The number of aliphatic carboxylic acids is 4. The van der Waals surface area contributed by atoms with Crippen molar-refractivity contribution in [3.05, 3.63) is 0 Å². The summed E-state index contributed by atoms with van der Waals surface area (Å²) in [5, 5.41) is 65.2. The molecule has 0 bridgehead atoms. The van der Waals surface area contributed by atoms with Gasteiger partial charge in [-0.05, 0) is 135 Å². The molecule has 0 aromatic carbocycles. The number of primary amides is 1. The summed E-state index contributed by atoms with van der Waals surface area (Å²) in [6.07, 6.45) is -6.66. The van der Waals surface area contributed by atoms with Gasteiger partial charge in [-0.25, -0.2) is 9.59 Å². The quantitative estimate of drug-likeness (QED) is 0.0153. The van der Waals surface area contributed by atoms with Crippen molar-refractivity contribution >= 4 is 113 Å². The van der Waals surface area contributed by atoms with E-state index in [2.05, 4.69) is 73.8 Å². The van der Waals surface area contributed by atoms with Crippen molar-refractivity contribution in [1.82, 2.24) is 63.8 Å². The maximum atomic E-state index is 14.6. The molecule has 0 spiro atoms. The van der Waals surface area contributed by atoms with Gasteiger partial charge in [0.15, 0.2) is 11.9 Å². The third-order valence-corrected chi connectivity index (χ3v) is 16.1. The van der Waals surface area contributed by atoms with Crippen LogP contribution in [0.4, 0.5) is 13.2 Å². The van der Waals surface area contributed by atoms with Gasteiger partial charge in [0.05, 0.1) is 12.5 Å². The number of carboxylic acids is 4. The molecule has 0 aliphatic heterocycles. The molecule has 43 nitrogen and oxygen atoms in total. The largest absolute Gasteiger partial charge is 0.490 e. The molecule has 0 heterocycles. The molecule has 0 saturated heterocycles. The number of guanidine groups is 2. The van der Waals surface area contributed by atoms with Crippen molar-refractivity contribution in [1.29, 1.82) is 0 Å². The lowest BCUT2D eigenvalue weighted by molar-refractivity contribution is -0.192. The Balaban J connectivity index is 0. The van der Waals surface area contributed by atoms with Gasteiger partial charge in [0, 0.05) is 25.9 Å². The molecule has 638 valence electrons. The Bertz CT molecular complexity index is 3210. The summed E-state index contributed by atoms with van der Waals surface area (Å²) in [6, 6.07) is -19.4. The minimum atomic E-state index is -5.08. The number of carbonyl (C=O) groups excluding carboxylic acids is 13. The molecule has 0 aliphatic carbocycles. The van der Waals surface area contributed by atoms with Gasteiger partial charge < -0.3 is 130 Å².